The Morgan fingerprint density at radius 2 is 1.78 bits per heavy atom. The number of rotatable bonds is 4. The molecule has 4 heteroatoms. The predicted molar refractivity (Wildman–Crippen MR) is 109 cm³/mol. The summed E-state index contributed by atoms with van der Waals surface area (Å²) in [4.78, 5) is 27.1. The van der Waals surface area contributed by atoms with Crippen molar-refractivity contribution >= 4 is 17.5 Å². The fourth-order valence-electron chi connectivity index (χ4n) is 3.59. The van der Waals surface area contributed by atoms with Crippen molar-refractivity contribution in [1.29, 1.82) is 0 Å². The Labute approximate surface area is 161 Å². The largest absolute Gasteiger partial charge is 0.352 e. The van der Waals surface area contributed by atoms with E-state index in [4.69, 9.17) is 0 Å². The van der Waals surface area contributed by atoms with Gasteiger partial charge in [0.2, 0.25) is 11.8 Å². The summed E-state index contributed by atoms with van der Waals surface area (Å²) in [6, 6.07) is 16.0. The van der Waals surface area contributed by atoms with Crippen LogP contribution < -0.4 is 10.2 Å². The van der Waals surface area contributed by atoms with Gasteiger partial charge in [-0.25, -0.2) is 0 Å². The number of hydrogen-bond donors (Lipinski definition) is 1. The molecule has 1 aliphatic heterocycles. The molecule has 1 saturated heterocycles. The van der Waals surface area contributed by atoms with Crippen LogP contribution in [0.5, 0.6) is 0 Å². The van der Waals surface area contributed by atoms with Gasteiger partial charge in [-0.15, -0.1) is 0 Å². The highest BCUT2D eigenvalue weighted by Crippen LogP contribution is 2.35. The van der Waals surface area contributed by atoms with Crippen molar-refractivity contribution in [3.63, 3.8) is 0 Å². The molecule has 1 aliphatic rings. The van der Waals surface area contributed by atoms with E-state index in [9.17, 15) is 9.59 Å². The highest BCUT2D eigenvalue weighted by Gasteiger charge is 2.36. The van der Waals surface area contributed by atoms with Crippen LogP contribution in [0.25, 0.3) is 0 Å². The molecule has 1 heterocycles. The number of anilines is 1. The quantitative estimate of drug-likeness (QED) is 0.893. The van der Waals surface area contributed by atoms with Crippen LogP contribution in [0.3, 0.4) is 0 Å². The molecule has 2 aromatic rings. The third-order valence-corrected chi connectivity index (χ3v) is 5.21. The molecule has 1 fully saturated rings. The maximum absolute atomic E-state index is 12.6. The molecule has 0 bridgehead atoms. The lowest BCUT2D eigenvalue weighted by Crippen LogP contribution is -2.33. The molecular weight excluding hydrogens is 336 g/mol. The van der Waals surface area contributed by atoms with E-state index < -0.39 is 0 Å². The minimum absolute atomic E-state index is 0.0164. The van der Waals surface area contributed by atoms with Crippen LogP contribution in [-0.4, -0.2) is 18.4 Å². The lowest BCUT2D eigenvalue weighted by atomic mass is 9.85. The van der Waals surface area contributed by atoms with Gasteiger partial charge in [0, 0.05) is 25.2 Å². The summed E-state index contributed by atoms with van der Waals surface area (Å²) in [5.74, 6) is -0.348. The molecule has 0 radical (unpaired) electrons. The molecule has 0 aromatic heterocycles. The second-order valence-corrected chi connectivity index (χ2v) is 8.32. The number of nitrogens with zero attached hydrogens (tertiary/aromatic N) is 1. The van der Waals surface area contributed by atoms with Gasteiger partial charge < -0.3 is 10.2 Å². The molecule has 0 spiro atoms. The van der Waals surface area contributed by atoms with E-state index in [0.717, 1.165) is 22.4 Å². The van der Waals surface area contributed by atoms with Crippen LogP contribution in [0.4, 0.5) is 5.69 Å². The molecule has 0 aliphatic carbocycles. The van der Waals surface area contributed by atoms with Crippen molar-refractivity contribution in [2.45, 2.75) is 46.1 Å². The Morgan fingerprint density at radius 1 is 1.11 bits per heavy atom. The fraction of sp³-hybridized carbons (Fsp3) is 0.391. The highest BCUT2D eigenvalue weighted by molar-refractivity contribution is 6.01. The third kappa shape index (κ3) is 4.21. The molecular formula is C23H28N2O2. The number of para-hydroxylation sites is 1. The van der Waals surface area contributed by atoms with Crippen molar-refractivity contribution < 1.29 is 9.59 Å². The predicted octanol–water partition coefficient (Wildman–Crippen LogP) is 3.96. The molecule has 1 atom stereocenters. The second-order valence-electron chi connectivity index (χ2n) is 8.32. The van der Waals surface area contributed by atoms with Crippen LogP contribution in [0.15, 0.2) is 48.5 Å². The number of aryl methyl sites for hydroxylation is 1. The zero-order chi connectivity index (χ0) is 19.6. The summed E-state index contributed by atoms with van der Waals surface area (Å²) in [6.07, 6.45) is 0.262. The topological polar surface area (TPSA) is 49.4 Å². The van der Waals surface area contributed by atoms with Crippen molar-refractivity contribution in [2.24, 2.45) is 5.92 Å². The molecule has 2 amide bonds. The van der Waals surface area contributed by atoms with Gasteiger partial charge in [0.05, 0.1) is 5.92 Å². The molecule has 3 rings (SSSR count). The van der Waals surface area contributed by atoms with E-state index in [-0.39, 0.29) is 29.6 Å². The maximum Gasteiger partial charge on any atom is 0.227 e. The SMILES string of the molecule is Cc1ccccc1CNC(=O)C1CC(=O)N(c2ccccc2C(C)(C)C)C1. The smallest absolute Gasteiger partial charge is 0.227 e. The molecule has 27 heavy (non-hydrogen) atoms. The van der Waals surface area contributed by atoms with Crippen LogP contribution in [-0.2, 0) is 21.5 Å². The molecule has 4 nitrogen and oxygen atoms in total. The summed E-state index contributed by atoms with van der Waals surface area (Å²) < 4.78 is 0. The maximum atomic E-state index is 12.6. The number of nitrogens with one attached hydrogen (secondary N) is 1. The standard InChI is InChI=1S/C23H28N2O2/c1-16-9-5-6-10-17(16)14-24-22(27)18-13-21(26)25(15-18)20-12-8-7-11-19(20)23(2,3)4/h5-12,18H,13-15H2,1-4H3,(H,24,27). The average Bonchev–Trinajstić information content (AvgIpc) is 3.02. The van der Waals surface area contributed by atoms with Gasteiger partial charge in [-0.1, -0.05) is 63.2 Å². The first kappa shape index (κ1) is 19.2. The number of benzene rings is 2. The van der Waals surface area contributed by atoms with Gasteiger partial charge in [-0.2, -0.15) is 0 Å². The molecule has 2 aromatic carbocycles. The lowest BCUT2D eigenvalue weighted by molar-refractivity contribution is -0.126. The van der Waals surface area contributed by atoms with Gasteiger partial charge in [0.1, 0.15) is 0 Å². The first-order valence-electron chi connectivity index (χ1n) is 9.49. The van der Waals surface area contributed by atoms with Crippen molar-refractivity contribution in [1.82, 2.24) is 5.32 Å². The third-order valence-electron chi connectivity index (χ3n) is 5.21. The van der Waals surface area contributed by atoms with E-state index >= 15 is 0 Å². The van der Waals surface area contributed by atoms with Crippen LogP contribution >= 0.6 is 0 Å². The lowest BCUT2D eigenvalue weighted by Gasteiger charge is -2.27. The summed E-state index contributed by atoms with van der Waals surface area (Å²) in [5.41, 5.74) is 4.23. The van der Waals surface area contributed by atoms with E-state index in [2.05, 4.69) is 32.2 Å². The summed E-state index contributed by atoms with van der Waals surface area (Å²) in [5, 5.41) is 3.00. The number of carbonyl (C=O) groups excluding carboxylic acids is 2. The van der Waals surface area contributed by atoms with E-state index in [0.29, 0.717) is 13.1 Å². The average molecular weight is 364 g/mol. The normalized spacial score (nSPS) is 17.3. The Morgan fingerprint density at radius 3 is 2.48 bits per heavy atom. The fourth-order valence-corrected chi connectivity index (χ4v) is 3.59. The summed E-state index contributed by atoms with van der Waals surface area (Å²) in [6.45, 7) is 9.38. The van der Waals surface area contributed by atoms with Gasteiger partial charge in [-0.3, -0.25) is 9.59 Å². The van der Waals surface area contributed by atoms with E-state index in [1.807, 2.05) is 49.4 Å². The minimum Gasteiger partial charge on any atom is -0.352 e. The Bertz CT molecular complexity index is 851. The molecule has 1 unspecified atom stereocenters. The van der Waals surface area contributed by atoms with Crippen LogP contribution in [0, 0.1) is 12.8 Å². The van der Waals surface area contributed by atoms with Crippen molar-refractivity contribution in [2.75, 3.05) is 11.4 Å². The van der Waals surface area contributed by atoms with E-state index in [1.54, 1.807) is 4.90 Å². The van der Waals surface area contributed by atoms with Crippen molar-refractivity contribution in [3.05, 3.63) is 65.2 Å². The van der Waals surface area contributed by atoms with Gasteiger partial charge >= 0.3 is 0 Å². The Kier molecular flexibility index (Phi) is 5.36. The number of amides is 2. The monoisotopic (exact) mass is 364 g/mol. The van der Waals surface area contributed by atoms with Gasteiger partial charge in [-0.05, 0) is 35.1 Å². The van der Waals surface area contributed by atoms with Gasteiger partial charge in [0.15, 0.2) is 0 Å². The number of hydrogen-bond acceptors (Lipinski definition) is 2. The molecule has 1 N–H and O–H groups in total. The zero-order valence-electron chi connectivity index (χ0n) is 16.6. The minimum atomic E-state index is -0.311. The van der Waals surface area contributed by atoms with Crippen LogP contribution in [0.1, 0.15) is 43.9 Å². The molecule has 142 valence electrons. The number of carbonyl (C=O) groups is 2. The highest BCUT2D eigenvalue weighted by atomic mass is 16.2. The summed E-state index contributed by atoms with van der Waals surface area (Å²) in [7, 11) is 0. The van der Waals surface area contributed by atoms with Crippen molar-refractivity contribution in [3.8, 4) is 0 Å². The Hall–Kier alpha value is -2.62. The zero-order valence-corrected chi connectivity index (χ0v) is 16.6. The Balaban J connectivity index is 1.71. The van der Waals surface area contributed by atoms with E-state index in [1.165, 1.54) is 0 Å². The molecule has 0 saturated carbocycles. The van der Waals surface area contributed by atoms with Crippen LogP contribution in [0.2, 0.25) is 0 Å². The first-order valence-corrected chi connectivity index (χ1v) is 9.49. The van der Waals surface area contributed by atoms with Gasteiger partial charge in [0.25, 0.3) is 0 Å². The summed E-state index contributed by atoms with van der Waals surface area (Å²) >= 11 is 0. The first-order chi connectivity index (χ1) is 12.8. The second kappa shape index (κ2) is 7.55.